The summed E-state index contributed by atoms with van der Waals surface area (Å²) >= 11 is 0. The van der Waals surface area contributed by atoms with Crippen molar-refractivity contribution in [2.45, 2.75) is 58.6 Å². The topological polar surface area (TPSA) is 75.6 Å². The number of aliphatic carboxylic acids is 1. The van der Waals surface area contributed by atoms with Crippen LogP contribution in [0.3, 0.4) is 0 Å². The van der Waals surface area contributed by atoms with Gasteiger partial charge in [-0.1, -0.05) is 38.1 Å². The van der Waals surface area contributed by atoms with Crippen LogP contribution in [0.2, 0.25) is 0 Å². The lowest BCUT2D eigenvalue weighted by molar-refractivity contribution is -0.139. The summed E-state index contributed by atoms with van der Waals surface area (Å²) < 4.78 is 5.12. The second-order valence-electron chi connectivity index (χ2n) is 6.59. The van der Waals surface area contributed by atoms with Crippen LogP contribution in [0.25, 0.3) is 0 Å². The molecule has 0 bridgehead atoms. The van der Waals surface area contributed by atoms with Crippen LogP contribution in [-0.4, -0.2) is 28.8 Å². The van der Waals surface area contributed by atoms with E-state index < -0.39 is 23.7 Å². The van der Waals surface area contributed by atoms with Gasteiger partial charge in [0.25, 0.3) is 0 Å². The van der Waals surface area contributed by atoms with E-state index in [0.29, 0.717) is 0 Å². The first-order valence-electron chi connectivity index (χ1n) is 7.40. The number of hydrogen-bond acceptors (Lipinski definition) is 3. The minimum atomic E-state index is -1.08. The fourth-order valence-corrected chi connectivity index (χ4v) is 2.15. The molecule has 2 N–H and O–H groups in total. The highest BCUT2D eigenvalue weighted by Crippen LogP contribution is 2.20. The molecule has 1 amide bonds. The fraction of sp³-hybridized carbons (Fsp3) is 0.529. The SMILES string of the molecule is CC(C)c1ccccc1CC(NC(=O)OC(C)(C)C)C(=O)O. The molecular weight excluding hydrogens is 282 g/mol. The summed E-state index contributed by atoms with van der Waals surface area (Å²) in [6.45, 7) is 9.30. The van der Waals surface area contributed by atoms with E-state index in [2.05, 4.69) is 19.2 Å². The average Bonchev–Trinajstić information content (AvgIpc) is 2.35. The predicted molar refractivity (Wildman–Crippen MR) is 85.0 cm³/mol. The predicted octanol–water partition coefficient (Wildman–Crippen LogP) is 3.33. The maximum absolute atomic E-state index is 11.8. The van der Waals surface area contributed by atoms with Gasteiger partial charge in [-0.3, -0.25) is 0 Å². The molecule has 0 saturated heterocycles. The molecule has 0 heterocycles. The minimum absolute atomic E-state index is 0.225. The Kier molecular flexibility index (Phi) is 5.97. The molecule has 0 aliphatic carbocycles. The van der Waals surface area contributed by atoms with E-state index in [0.717, 1.165) is 11.1 Å². The molecule has 0 saturated carbocycles. The van der Waals surface area contributed by atoms with Gasteiger partial charge < -0.3 is 15.2 Å². The van der Waals surface area contributed by atoms with Crippen molar-refractivity contribution in [2.24, 2.45) is 0 Å². The van der Waals surface area contributed by atoms with Gasteiger partial charge in [0.15, 0.2) is 0 Å². The molecule has 1 aromatic carbocycles. The summed E-state index contributed by atoms with van der Waals surface area (Å²) in [7, 11) is 0. The van der Waals surface area contributed by atoms with Gasteiger partial charge in [-0.15, -0.1) is 0 Å². The summed E-state index contributed by atoms with van der Waals surface area (Å²) in [5, 5.41) is 11.8. The number of benzene rings is 1. The van der Waals surface area contributed by atoms with E-state index in [1.54, 1.807) is 20.8 Å². The van der Waals surface area contributed by atoms with E-state index in [4.69, 9.17) is 4.74 Å². The number of carbonyl (C=O) groups excluding carboxylic acids is 1. The Labute approximate surface area is 131 Å². The van der Waals surface area contributed by atoms with Crippen LogP contribution in [-0.2, 0) is 16.0 Å². The van der Waals surface area contributed by atoms with Crippen LogP contribution in [0, 0.1) is 0 Å². The molecule has 5 nitrogen and oxygen atoms in total. The van der Waals surface area contributed by atoms with Crippen molar-refractivity contribution in [1.82, 2.24) is 5.32 Å². The minimum Gasteiger partial charge on any atom is -0.480 e. The molecular formula is C17H25NO4. The number of nitrogens with one attached hydrogen (secondary N) is 1. The van der Waals surface area contributed by atoms with Gasteiger partial charge in [0, 0.05) is 6.42 Å². The van der Waals surface area contributed by atoms with Gasteiger partial charge >= 0.3 is 12.1 Å². The van der Waals surface area contributed by atoms with E-state index in [1.165, 1.54) is 0 Å². The van der Waals surface area contributed by atoms with Crippen molar-refractivity contribution in [3.63, 3.8) is 0 Å². The van der Waals surface area contributed by atoms with Crippen molar-refractivity contribution >= 4 is 12.1 Å². The monoisotopic (exact) mass is 307 g/mol. The molecule has 0 spiro atoms. The number of rotatable bonds is 5. The van der Waals surface area contributed by atoms with Gasteiger partial charge in [-0.2, -0.15) is 0 Å². The first kappa shape index (κ1) is 18.0. The number of alkyl carbamates (subject to hydrolysis) is 1. The Bertz CT molecular complexity index is 532. The molecule has 1 unspecified atom stereocenters. The second-order valence-corrected chi connectivity index (χ2v) is 6.59. The molecule has 1 atom stereocenters. The van der Waals surface area contributed by atoms with Crippen LogP contribution in [0.15, 0.2) is 24.3 Å². The standard InChI is InChI=1S/C17H25NO4/c1-11(2)13-9-7-6-8-12(13)10-14(15(19)20)18-16(21)22-17(3,4)5/h6-9,11,14H,10H2,1-5H3,(H,18,21)(H,19,20). The Morgan fingerprint density at radius 1 is 1.23 bits per heavy atom. The lowest BCUT2D eigenvalue weighted by atomic mass is 9.93. The molecule has 22 heavy (non-hydrogen) atoms. The van der Waals surface area contributed by atoms with Crippen molar-refractivity contribution in [2.75, 3.05) is 0 Å². The van der Waals surface area contributed by atoms with Crippen LogP contribution >= 0.6 is 0 Å². The molecule has 0 aliphatic rings. The third-order valence-corrected chi connectivity index (χ3v) is 3.09. The van der Waals surface area contributed by atoms with Gasteiger partial charge in [0.1, 0.15) is 11.6 Å². The van der Waals surface area contributed by atoms with E-state index in [1.807, 2.05) is 24.3 Å². The summed E-state index contributed by atoms with van der Waals surface area (Å²) in [6, 6.07) is 6.65. The molecule has 1 rings (SSSR count). The highest BCUT2D eigenvalue weighted by atomic mass is 16.6. The normalized spacial score (nSPS) is 12.8. The van der Waals surface area contributed by atoms with Gasteiger partial charge in [-0.05, 0) is 37.8 Å². The van der Waals surface area contributed by atoms with E-state index in [9.17, 15) is 14.7 Å². The third kappa shape index (κ3) is 5.76. The van der Waals surface area contributed by atoms with Crippen LogP contribution in [0.1, 0.15) is 51.7 Å². The number of amides is 1. The number of carbonyl (C=O) groups is 2. The first-order valence-corrected chi connectivity index (χ1v) is 7.40. The van der Waals surface area contributed by atoms with Gasteiger partial charge in [-0.25, -0.2) is 9.59 Å². The summed E-state index contributed by atoms with van der Waals surface area (Å²) in [5.74, 6) is -0.795. The molecule has 122 valence electrons. The van der Waals surface area contributed by atoms with Crippen molar-refractivity contribution in [1.29, 1.82) is 0 Å². The number of carboxylic acid groups (broad SMARTS) is 1. The largest absolute Gasteiger partial charge is 0.480 e. The summed E-state index contributed by atoms with van der Waals surface area (Å²) in [4.78, 5) is 23.2. The molecule has 0 aromatic heterocycles. The third-order valence-electron chi connectivity index (χ3n) is 3.09. The van der Waals surface area contributed by atoms with Crippen LogP contribution < -0.4 is 5.32 Å². The highest BCUT2D eigenvalue weighted by molar-refractivity contribution is 5.80. The van der Waals surface area contributed by atoms with Crippen LogP contribution in [0.5, 0.6) is 0 Å². The maximum atomic E-state index is 11.8. The quantitative estimate of drug-likeness (QED) is 0.875. The molecule has 0 aliphatic heterocycles. The molecule has 1 aromatic rings. The average molecular weight is 307 g/mol. The zero-order valence-corrected chi connectivity index (χ0v) is 13.8. The number of carboxylic acids is 1. The molecule has 5 heteroatoms. The van der Waals surface area contributed by atoms with Crippen molar-refractivity contribution < 1.29 is 19.4 Å². The molecule has 0 radical (unpaired) electrons. The van der Waals surface area contributed by atoms with Crippen molar-refractivity contribution in [3.05, 3.63) is 35.4 Å². The second kappa shape index (κ2) is 7.29. The molecule has 0 fully saturated rings. The fourth-order valence-electron chi connectivity index (χ4n) is 2.15. The lowest BCUT2D eigenvalue weighted by Gasteiger charge is -2.22. The number of ether oxygens (including phenoxy) is 1. The first-order chi connectivity index (χ1) is 10.1. The van der Waals surface area contributed by atoms with E-state index >= 15 is 0 Å². The zero-order valence-electron chi connectivity index (χ0n) is 13.8. The Hall–Kier alpha value is -2.04. The maximum Gasteiger partial charge on any atom is 0.408 e. The van der Waals surface area contributed by atoms with Crippen molar-refractivity contribution in [3.8, 4) is 0 Å². The summed E-state index contributed by atoms with van der Waals surface area (Å²) in [5.41, 5.74) is 1.34. The zero-order chi connectivity index (χ0) is 16.9. The smallest absolute Gasteiger partial charge is 0.408 e. The Morgan fingerprint density at radius 3 is 2.32 bits per heavy atom. The Balaban J connectivity index is 2.86. The highest BCUT2D eigenvalue weighted by Gasteiger charge is 2.25. The van der Waals surface area contributed by atoms with Crippen LogP contribution in [0.4, 0.5) is 4.79 Å². The van der Waals surface area contributed by atoms with E-state index in [-0.39, 0.29) is 12.3 Å². The number of hydrogen-bond donors (Lipinski definition) is 2. The van der Waals surface area contributed by atoms with Gasteiger partial charge in [0.2, 0.25) is 0 Å². The summed E-state index contributed by atoms with van der Waals surface area (Å²) in [6.07, 6.45) is -0.495. The Morgan fingerprint density at radius 2 is 1.82 bits per heavy atom. The lowest BCUT2D eigenvalue weighted by Crippen LogP contribution is -2.44. The van der Waals surface area contributed by atoms with Gasteiger partial charge in [0.05, 0.1) is 0 Å².